The van der Waals surface area contributed by atoms with Crippen LogP contribution in [0.4, 0.5) is 4.39 Å². The summed E-state index contributed by atoms with van der Waals surface area (Å²) in [5.41, 5.74) is 7.57. The van der Waals surface area contributed by atoms with Crippen LogP contribution >= 0.6 is 0 Å². The lowest BCUT2D eigenvalue weighted by Crippen LogP contribution is -2.44. The highest BCUT2D eigenvalue weighted by atomic mass is 19.1. The van der Waals surface area contributed by atoms with E-state index in [0.717, 1.165) is 11.3 Å². The van der Waals surface area contributed by atoms with Crippen LogP contribution in [-0.2, 0) is 17.8 Å². The molecule has 0 aliphatic carbocycles. The molecular formula is C15H16FN3O2. The van der Waals surface area contributed by atoms with Gasteiger partial charge in [0.1, 0.15) is 17.3 Å². The SMILES string of the molecule is C[C@@H](C(N)=O)N1CCc2onc(-c3cccc(F)c3)c2C1. The van der Waals surface area contributed by atoms with Gasteiger partial charge < -0.3 is 10.3 Å². The zero-order valence-electron chi connectivity index (χ0n) is 11.7. The summed E-state index contributed by atoms with van der Waals surface area (Å²) in [5, 5.41) is 4.06. The Morgan fingerprint density at radius 2 is 2.33 bits per heavy atom. The maximum absolute atomic E-state index is 13.4. The van der Waals surface area contributed by atoms with Crippen LogP contribution in [0.15, 0.2) is 28.8 Å². The summed E-state index contributed by atoms with van der Waals surface area (Å²) in [6, 6.07) is 5.88. The largest absolute Gasteiger partial charge is 0.368 e. The van der Waals surface area contributed by atoms with Crippen LogP contribution in [-0.4, -0.2) is 28.6 Å². The van der Waals surface area contributed by atoms with Gasteiger partial charge in [-0.2, -0.15) is 0 Å². The molecule has 1 aliphatic rings. The lowest BCUT2D eigenvalue weighted by atomic mass is 10.0. The van der Waals surface area contributed by atoms with Crippen LogP contribution in [0.2, 0.25) is 0 Å². The van der Waals surface area contributed by atoms with Crippen molar-refractivity contribution in [1.29, 1.82) is 0 Å². The van der Waals surface area contributed by atoms with Crippen molar-refractivity contribution in [3.05, 3.63) is 41.4 Å². The molecule has 0 radical (unpaired) electrons. The minimum Gasteiger partial charge on any atom is -0.368 e. The molecule has 2 aromatic rings. The number of aromatic nitrogens is 1. The zero-order valence-corrected chi connectivity index (χ0v) is 11.7. The molecule has 110 valence electrons. The number of hydrogen-bond donors (Lipinski definition) is 1. The van der Waals surface area contributed by atoms with Crippen molar-refractivity contribution in [3.63, 3.8) is 0 Å². The lowest BCUT2D eigenvalue weighted by Gasteiger charge is -2.29. The minimum absolute atomic E-state index is 0.317. The molecule has 0 saturated heterocycles. The van der Waals surface area contributed by atoms with E-state index in [1.54, 1.807) is 19.1 Å². The molecule has 1 aliphatic heterocycles. The van der Waals surface area contributed by atoms with Crippen molar-refractivity contribution in [2.75, 3.05) is 6.54 Å². The Kier molecular flexibility index (Phi) is 3.47. The standard InChI is InChI=1S/C15H16FN3O2/c1-9(15(17)20)19-6-5-13-12(8-19)14(18-21-13)10-3-2-4-11(16)7-10/h2-4,7,9H,5-6,8H2,1H3,(H2,17,20)/t9-/m0/s1. The molecule has 3 rings (SSSR count). The van der Waals surface area contributed by atoms with Gasteiger partial charge in [-0.25, -0.2) is 4.39 Å². The topological polar surface area (TPSA) is 72.4 Å². The van der Waals surface area contributed by atoms with E-state index in [4.69, 9.17) is 10.3 Å². The van der Waals surface area contributed by atoms with Gasteiger partial charge in [0.25, 0.3) is 0 Å². The number of carbonyl (C=O) groups excluding carboxylic acids is 1. The molecular weight excluding hydrogens is 273 g/mol. The molecule has 0 spiro atoms. The summed E-state index contributed by atoms with van der Waals surface area (Å²) < 4.78 is 18.7. The van der Waals surface area contributed by atoms with Gasteiger partial charge >= 0.3 is 0 Å². The van der Waals surface area contributed by atoms with E-state index in [-0.39, 0.29) is 17.8 Å². The molecule has 1 aromatic carbocycles. The Morgan fingerprint density at radius 3 is 3.05 bits per heavy atom. The van der Waals surface area contributed by atoms with Crippen LogP contribution in [0.3, 0.4) is 0 Å². The van der Waals surface area contributed by atoms with Gasteiger partial charge in [0.2, 0.25) is 5.91 Å². The van der Waals surface area contributed by atoms with Gasteiger partial charge in [0.15, 0.2) is 0 Å². The molecule has 5 nitrogen and oxygen atoms in total. The molecule has 1 atom stereocenters. The highest BCUT2D eigenvalue weighted by Crippen LogP contribution is 2.30. The molecule has 21 heavy (non-hydrogen) atoms. The second kappa shape index (κ2) is 5.29. The molecule has 0 bridgehead atoms. The number of carbonyl (C=O) groups is 1. The molecule has 1 aromatic heterocycles. The molecule has 0 unspecified atom stereocenters. The third-order valence-corrected chi connectivity index (χ3v) is 3.91. The number of rotatable bonds is 3. The predicted octanol–water partition coefficient (Wildman–Crippen LogP) is 1.71. The summed E-state index contributed by atoms with van der Waals surface area (Å²) in [4.78, 5) is 13.3. The van der Waals surface area contributed by atoms with E-state index in [0.29, 0.717) is 30.8 Å². The van der Waals surface area contributed by atoms with Crippen molar-refractivity contribution in [3.8, 4) is 11.3 Å². The van der Waals surface area contributed by atoms with E-state index >= 15 is 0 Å². The number of halogens is 1. The van der Waals surface area contributed by atoms with Gasteiger partial charge in [0.05, 0.1) is 6.04 Å². The average Bonchev–Trinajstić information content (AvgIpc) is 2.89. The van der Waals surface area contributed by atoms with E-state index in [9.17, 15) is 9.18 Å². The maximum atomic E-state index is 13.4. The first-order chi connectivity index (χ1) is 10.1. The predicted molar refractivity (Wildman–Crippen MR) is 74.7 cm³/mol. The van der Waals surface area contributed by atoms with Crippen molar-refractivity contribution in [2.45, 2.75) is 25.9 Å². The maximum Gasteiger partial charge on any atom is 0.234 e. The first-order valence-corrected chi connectivity index (χ1v) is 6.83. The average molecular weight is 289 g/mol. The van der Waals surface area contributed by atoms with Crippen molar-refractivity contribution >= 4 is 5.91 Å². The van der Waals surface area contributed by atoms with Crippen LogP contribution in [0.5, 0.6) is 0 Å². The van der Waals surface area contributed by atoms with Gasteiger partial charge in [-0.15, -0.1) is 0 Å². The van der Waals surface area contributed by atoms with E-state index in [1.165, 1.54) is 12.1 Å². The summed E-state index contributed by atoms with van der Waals surface area (Å²) >= 11 is 0. The molecule has 0 saturated carbocycles. The third kappa shape index (κ3) is 2.54. The monoisotopic (exact) mass is 289 g/mol. The summed E-state index contributed by atoms with van der Waals surface area (Å²) in [6.07, 6.45) is 0.662. The molecule has 6 heteroatoms. The molecule has 2 heterocycles. The number of fused-ring (bicyclic) bond motifs is 1. The Bertz CT molecular complexity index is 683. The zero-order chi connectivity index (χ0) is 15.0. The van der Waals surface area contributed by atoms with Crippen molar-refractivity contribution in [2.24, 2.45) is 5.73 Å². The lowest BCUT2D eigenvalue weighted by molar-refractivity contribution is -0.123. The Labute approximate surface area is 121 Å². The Morgan fingerprint density at radius 1 is 1.52 bits per heavy atom. The van der Waals surface area contributed by atoms with Gasteiger partial charge in [0, 0.05) is 30.6 Å². The van der Waals surface area contributed by atoms with Gasteiger partial charge in [-0.3, -0.25) is 9.69 Å². The first kappa shape index (κ1) is 13.8. The number of nitrogens with two attached hydrogens (primary N) is 1. The van der Waals surface area contributed by atoms with E-state index < -0.39 is 0 Å². The number of primary amides is 1. The van der Waals surface area contributed by atoms with Gasteiger partial charge in [-0.05, 0) is 19.1 Å². The van der Waals surface area contributed by atoms with Crippen molar-refractivity contribution in [1.82, 2.24) is 10.1 Å². The fourth-order valence-electron chi connectivity index (χ4n) is 2.60. The third-order valence-electron chi connectivity index (χ3n) is 3.91. The smallest absolute Gasteiger partial charge is 0.234 e. The summed E-state index contributed by atoms with van der Waals surface area (Å²) in [7, 11) is 0. The Balaban J connectivity index is 1.94. The van der Waals surface area contributed by atoms with Crippen LogP contribution in [0, 0.1) is 5.82 Å². The quantitative estimate of drug-likeness (QED) is 0.933. The molecule has 0 fully saturated rings. The summed E-state index contributed by atoms with van der Waals surface area (Å²) in [6.45, 7) is 2.99. The number of benzene rings is 1. The first-order valence-electron chi connectivity index (χ1n) is 6.83. The van der Waals surface area contributed by atoms with E-state index in [2.05, 4.69) is 5.16 Å². The molecule has 2 N–H and O–H groups in total. The van der Waals surface area contributed by atoms with Crippen LogP contribution in [0.25, 0.3) is 11.3 Å². The van der Waals surface area contributed by atoms with Crippen LogP contribution in [0.1, 0.15) is 18.2 Å². The fraction of sp³-hybridized carbons (Fsp3) is 0.333. The number of hydrogen-bond acceptors (Lipinski definition) is 4. The normalized spacial score (nSPS) is 16.5. The minimum atomic E-state index is -0.359. The summed E-state index contributed by atoms with van der Waals surface area (Å²) in [5.74, 6) is 0.117. The number of amides is 1. The second-order valence-electron chi connectivity index (χ2n) is 5.24. The second-order valence-corrected chi connectivity index (χ2v) is 5.24. The molecule has 1 amide bonds. The Hall–Kier alpha value is -2.21. The fourth-order valence-corrected chi connectivity index (χ4v) is 2.60. The van der Waals surface area contributed by atoms with Gasteiger partial charge in [-0.1, -0.05) is 17.3 Å². The van der Waals surface area contributed by atoms with Crippen LogP contribution < -0.4 is 5.73 Å². The highest BCUT2D eigenvalue weighted by molar-refractivity contribution is 5.79. The van der Waals surface area contributed by atoms with E-state index in [1.807, 2.05) is 4.90 Å². The highest BCUT2D eigenvalue weighted by Gasteiger charge is 2.29. The number of nitrogens with zero attached hydrogens (tertiary/aromatic N) is 2. The van der Waals surface area contributed by atoms with Crippen molar-refractivity contribution < 1.29 is 13.7 Å².